The second-order valence-electron chi connectivity index (χ2n) is 4.13. The molecule has 0 rings (SSSR count). The Morgan fingerprint density at radius 2 is 1.94 bits per heavy atom. The van der Waals surface area contributed by atoms with Crippen molar-refractivity contribution in [2.75, 3.05) is 39.5 Å². The van der Waals surface area contributed by atoms with Crippen LogP contribution in [0, 0.1) is 0 Å². The molecule has 0 aromatic carbocycles. The van der Waals surface area contributed by atoms with Gasteiger partial charge in [0.25, 0.3) is 0 Å². The van der Waals surface area contributed by atoms with Crippen LogP contribution in [-0.4, -0.2) is 61.7 Å². The van der Waals surface area contributed by atoms with E-state index in [1.54, 1.807) is 0 Å². The standard InChI is InChI=1S/C12H27NO3/c1-5-13(7-8-15-6-2)9-12(14)10-16-11(3)4/h11-12,14H,5-10H2,1-4H3. The largest absolute Gasteiger partial charge is 0.389 e. The number of nitrogens with zero attached hydrogens (tertiary/aromatic N) is 1. The SMILES string of the molecule is CCOCCN(CC)CC(O)COC(C)C. The number of hydrogen-bond acceptors (Lipinski definition) is 4. The molecular formula is C12H27NO3. The fraction of sp³-hybridized carbons (Fsp3) is 1.00. The monoisotopic (exact) mass is 233 g/mol. The van der Waals surface area contributed by atoms with Gasteiger partial charge in [0.05, 0.1) is 25.4 Å². The van der Waals surface area contributed by atoms with Gasteiger partial charge in [-0.2, -0.15) is 0 Å². The second-order valence-corrected chi connectivity index (χ2v) is 4.13. The van der Waals surface area contributed by atoms with Crippen molar-refractivity contribution in [1.82, 2.24) is 4.90 Å². The molecule has 4 heteroatoms. The van der Waals surface area contributed by atoms with Crippen LogP contribution in [0.1, 0.15) is 27.7 Å². The third kappa shape index (κ3) is 9.09. The molecule has 0 aliphatic rings. The summed E-state index contributed by atoms with van der Waals surface area (Å²) in [6, 6.07) is 0. The van der Waals surface area contributed by atoms with Gasteiger partial charge in [0.15, 0.2) is 0 Å². The summed E-state index contributed by atoms with van der Waals surface area (Å²) < 4.78 is 10.7. The Morgan fingerprint density at radius 3 is 2.44 bits per heavy atom. The van der Waals surface area contributed by atoms with Gasteiger partial charge in [-0.05, 0) is 27.3 Å². The number of rotatable bonds is 10. The van der Waals surface area contributed by atoms with Crippen LogP contribution in [0.4, 0.5) is 0 Å². The molecule has 0 fully saturated rings. The van der Waals surface area contributed by atoms with Crippen LogP contribution in [0.5, 0.6) is 0 Å². The molecule has 0 radical (unpaired) electrons. The molecular weight excluding hydrogens is 206 g/mol. The van der Waals surface area contributed by atoms with Gasteiger partial charge in [-0.1, -0.05) is 6.92 Å². The van der Waals surface area contributed by atoms with E-state index in [1.807, 2.05) is 20.8 Å². The van der Waals surface area contributed by atoms with Crippen molar-refractivity contribution in [3.63, 3.8) is 0 Å². The van der Waals surface area contributed by atoms with Gasteiger partial charge in [0.2, 0.25) is 0 Å². The van der Waals surface area contributed by atoms with Crippen molar-refractivity contribution < 1.29 is 14.6 Å². The van der Waals surface area contributed by atoms with Crippen LogP contribution >= 0.6 is 0 Å². The number of aliphatic hydroxyl groups is 1. The summed E-state index contributed by atoms with van der Waals surface area (Å²) in [5.41, 5.74) is 0. The third-order valence-electron chi connectivity index (χ3n) is 2.29. The van der Waals surface area contributed by atoms with Gasteiger partial charge in [-0.3, -0.25) is 4.90 Å². The van der Waals surface area contributed by atoms with Crippen molar-refractivity contribution in [1.29, 1.82) is 0 Å². The van der Waals surface area contributed by atoms with E-state index in [4.69, 9.17) is 9.47 Å². The zero-order valence-electron chi connectivity index (χ0n) is 11.1. The Labute approximate surface area is 99.5 Å². The predicted molar refractivity (Wildman–Crippen MR) is 65.7 cm³/mol. The normalized spacial score (nSPS) is 13.7. The van der Waals surface area contributed by atoms with E-state index < -0.39 is 6.10 Å². The molecule has 98 valence electrons. The quantitative estimate of drug-likeness (QED) is 0.574. The van der Waals surface area contributed by atoms with Crippen LogP contribution in [0.3, 0.4) is 0 Å². The maximum Gasteiger partial charge on any atom is 0.0900 e. The van der Waals surface area contributed by atoms with E-state index in [1.165, 1.54) is 0 Å². The van der Waals surface area contributed by atoms with Crippen molar-refractivity contribution >= 4 is 0 Å². The molecule has 0 aromatic heterocycles. The molecule has 16 heavy (non-hydrogen) atoms. The highest BCUT2D eigenvalue weighted by atomic mass is 16.5. The Hall–Kier alpha value is -0.160. The third-order valence-corrected chi connectivity index (χ3v) is 2.29. The van der Waals surface area contributed by atoms with Gasteiger partial charge in [0, 0.05) is 19.7 Å². The first kappa shape index (κ1) is 15.8. The highest BCUT2D eigenvalue weighted by Crippen LogP contribution is 1.96. The summed E-state index contributed by atoms with van der Waals surface area (Å²) >= 11 is 0. The topological polar surface area (TPSA) is 41.9 Å². The van der Waals surface area contributed by atoms with Crippen molar-refractivity contribution in [3.8, 4) is 0 Å². The summed E-state index contributed by atoms with van der Waals surface area (Å²) in [6.07, 6.45) is -0.239. The van der Waals surface area contributed by atoms with Crippen LogP contribution in [-0.2, 0) is 9.47 Å². The second kappa shape index (κ2) is 10.0. The molecule has 0 amide bonds. The molecule has 0 heterocycles. The van der Waals surface area contributed by atoms with Gasteiger partial charge in [-0.15, -0.1) is 0 Å². The van der Waals surface area contributed by atoms with Crippen molar-refractivity contribution in [2.24, 2.45) is 0 Å². The molecule has 0 bridgehead atoms. The number of likely N-dealkylation sites (N-methyl/N-ethyl adjacent to an activating group) is 1. The van der Waals surface area contributed by atoms with E-state index >= 15 is 0 Å². The van der Waals surface area contributed by atoms with Crippen molar-refractivity contribution in [3.05, 3.63) is 0 Å². The summed E-state index contributed by atoms with van der Waals surface area (Å²) in [7, 11) is 0. The molecule has 1 atom stereocenters. The zero-order valence-corrected chi connectivity index (χ0v) is 11.1. The summed E-state index contributed by atoms with van der Waals surface area (Å²) in [6.45, 7) is 12.3. The molecule has 1 unspecified atom stereocenters. The van der Waals surface area contributed by atoms with E-state index in [9.17, 15) is 5.11 Å². The summed E-state index contributed by atoms with van der Waals surface area (Å²) in [4.78, 5) is 2.17. The van der Waals surface area contributed by atoms with E-state index in [0.717, 1.165) is 26.3 Å². The minimum absolute atomic E-state index is 0.174. The fourth-order valence-electron chi connectivity index (χ4n) is 1.37. The lowest BCUT2D eigenvalue weighted by molar-refractivity contribution is -0.0110. The number of ether oxygens (including phenoxy) is 2. The minimum Gasteiger partial charge on any atom is -0.389 e. The molecule has 1 N–H and O–H groups in total. The lowest BCUT2D eigenvalue weighted by Crippen LogP contribution is -2.37. The number of aliphatic hydroxyl groups excluding tert-OH is 1. The molecule has 0 saturated carbocycles. The van der Waals surface area contributed by atoms with Crippen LogP contribution < -0.4 is 0 Å². The van der Waals surface area contributed by atoms with Crippen LogP contribution in [0.2, 0.25) is 0 Å². The molecule has 0 saturated heterocycles. The Kier molecular flexibility index (Phi) is 9.92. The summed E-state index contributed by atoms with van der Waals surface area (Å²) in [5, 5.41) is 9.75. The Bertz CT molecular complexity index is 153. The highest BCUT2D eigenvalue weighted by Gasteiger charge is 2.10. The van der Waals surface area contributed by atoms with E-state index in [0.29, 0.717) is 13.2 Å². The molecule has 0 spiro atoms. The van der Waals surface area contributed by atoms with Gasteiger partial charge >= 0.3 is 0 Å². The van der Waals surface area contributed by atoms with E-state index in [-0.39, 0.29) is 6.10 Å². The van der Waals surface area contributed by atoms with Crippen LogP contribution in [0.15, 0.2) is 0 Å². The first-order chi connectivity index (χ1) is 7.60. The first-order valence-electron chi connectivity index (χ1n) is 6.19. The summed E-state index contributed by atoms with van der Waals surface area (Å²) in [5.74, 6) is 0. The minimum atomic E-state index is -0.413. The number of hydrogen-bond donors (Lipinski definition) is 1. The average molecular weight is 233 g/mol. The fourth-order valence-corrected chi connectivity index (χ4v) is 1.37. The maximum absolute atomic E-state index is 9.75. The molecule has 4 nitrogen and oxygen atoms in total. The predicted octanol–water partition coefficient (Wildman–Crippen LogP) is 1.13. The maximum atomic E-state index is 9.75. The zero-order chi connectivity index (χ0) is 12.4. The van der Waals surface area contributed by atoms with Gasteiger partial charge in [0.1, 0.15) is 0 Å². The highest BCUT2D eigenvalue weighted by molar-refractivity contribution is 4.63. The van der Waals surface area contributed by atoms with Gasteiger partial charge in [-0.25, -0.2) is 0 Å². The molecule has 0 aliphatic heterocycles. The van der Waals surface area contributed by atoms with E-state index in [2.05, 4.69) is 11.8 Å². The lowest BCUT2D eigenvalue weighted by Gasteiger charge is -2.23. The van der Waals surface area contributed by atoms with Crippen molar-refractivity contribution in [2.45, 2.75) is 39.9 Å². The average Bonchev–Trinajstić information content (AvgIpc) is 2.25. The smallest absolute Gasteiger partial charge is 0.0900 e. The first-order valence-corrected chi connectivity index (χ1v) is 6.19. The van der Waals surface area contributed by atoms with Crippen LogP contribution in [0.25, 0.3) is 0 Å². The Balaban J connectivity index is 3.65. The lowest BCUT2D eigenvalue weighted by atomic mass is 10.3. The molecule has 0 aliphatic carbocycles. The van der Waals surface area contributed by atoms with Gasteiger partial charge < -0.3 is 14.6 Å². The Morgan fingerprint density at radius 1 is 1.25 bits per heavy atom. The molecule has 0 aromatic rings.